The van der Waals surface area contributed by atoms with E-state index in [2.05, 4.69) is 10.3 Å². The van der Waals surface area contributed by atoms with Gasteiger partial charge in [-0.2, -0.15) is 0 Å². The maximum absolute atomic E-state index is 12.0. The van der Waals surface area contributed by atoms with Crippen LogP contribution in [0.25, 0.3) is 0 Å². The second-order valence-electron chi connectivity index (χ2n) is 4.08. The first kappa shape index (κ1) is 14.9. The number of carbonyl (C=O) groups is 2. The molecular weight excluding hydrogens is 246 g/mol. The molecule has 0 saturated carbocycles. The van der Waals surface area contributed by atoms with Crippen LogP contribution in [-0.2, 0) is 11.3 Å². The molecule has 2 N–H and O–H groups in total. The van der Waals surface area contributed by atoms with Crippen molar-refractivity contribution >= 4 is 12.0 Å². The molecule has 0 fully saturated rings. The normalized spacial score (nSPS) is 11.7. The Morgan fingerprint density at radius 3 is 2.63 bits per heavy atom. The molecule has 0 unspecified atom stereocenters. The third-order valence-corrected chi connectivity index (χ3v) is 2.75. The smallest absolute Gasteiger partial charge is 0.326 e. The molecule has 1 rings (SSSR count). The second-order valence-corrected chi connectivity index (χ2v) is 4.08. The zero-order chi connectivity index (χ0) is 14.3. The minimum Gasteiger partial charge on any atom is -0.480 e. The number of carboxylic acid groups (broad SMARTS) is 1. The van der Waals surface area contributed by atoms with E-state index >= 15 is 0 Å². The fourth-order valence-corrected chi connectivity index (χ4v) is 1.59. The van der Waals surface area contributed by atoms with Gasteiger partial charge in [0.05, 0.1) is 12.2 Å². The van der Waals surface area contributed by atoms with Crippen molar-refractivity contribution in [3.63, 3.8) is 0 Å². The van der Waals surface area contributed by atoms with Crippen LogP contribution >= 0.6 is 0 Å². The Morgan fingerprint density at radius 1 is 1.42 bits per heavy atom. The fraction of sp³-hybridized carbons (Fsp3) is 0.462. The molecule has 0 spiro atoms. The summed E-state index contributed by atoms with van der Waals surface area (Å²) in [6.45, 7) is 4.40. The number of rotatable bonds is 6. The van der Waals surface area contributed by atoms with Gasteiger partial charge in [0.15, 0.2) is 0 Å². The second kappa shape index (κ2) is 7.35. The Morgan fingerprint density at radius 2 is 2.16 bits per heavy atom. The molecule has 0 aromatic carbocycles. The first-order valence-electron chi connectivity index (χ1n) is 6.26. The number of aromatic nitrogens is 1. The fourth-order valence-electron chi connectivity index (χ4n) is 1.59. The van der Waals surface area contributed by atoms with Crippen molar-refractivity contribution in [1.82, 2.24) is 15.2 Å². The van der Waals surface area contributed by atoms with Gasteiger partial charge in [0.2, 0.25) is 0 Å². The van der Waals surface area contributed by atoms with Gasteiger partial charge in [0.25, 0.3) is 0 Å². The minimum absolute atomic E-state index is 0.349. The van der Waals surface area contributed by atoms with Gasteiger partial charge in [-0.05, 0) is 25.5 Å². The Labute approximate surface area is 112 Å². The summed E-state index contributed by atoms with van der Waals surface area (Å²) in [5.74, 6) is -1.02. The van der Waals surface area contributed by atoms with Gasteiger partial charge in [-0.1, -0.05) is 13.0 Å². The van der Waals surface area contributed by atoms with E-state index in [1.54, 1.807) is 19.2 Å². The molecule has 1 heterocycles. The highest BCUT2D eigenvalue weighted by Gasteiger charge is 2.21. The van der Waals surface area contributed by atoms with Crippen molar-refractivity contribution in [3.8, 4) is 0 Å². The Balaban J connectivity index is 2.64. The largest absolute Gasteiger partial charge is 0.480 e. The molecule has 0 aliphatic heterocycles. The van der Waals surface area contributed by atoms with Gasteiger partial charge in [-0.25, -0.2) is 9.59 Å². The van der Waals surface area contributed by atoms with Gasteiger partial charge in [-0.3, -0.25) is 4.98 Å². The number of pyridine rings is 1. The molecule has 6 nitrogen and oxygen atoms in total. The van der Waals surface area contributed by atoms with Crippen LogP contribution in [0.4, 0.5) is 4.79 Å². The number of amides is 2. The molecule has 0 bridgehead atoms. The van der Waals surface area contributed by atoms with Crippen molar-refractivity contribution in [3.05, 3.63) is 30.1 Å². The first-order valence-corrected chi connectivity index (χ1v) is 6.26. The molecular formula is C13H19N3O3. The number of nitrogens with one attached hydrogen (secondary N) is 1. The summed E-state index contributed by atoms with van der Waals surface area (Å²) in [5, 5.41) is 11.4. The lowest BCUT2D eigenvalue weighted by Gasteiger charge is -2.23. The molecule has 19 heavy (non-hydrogen) atoms. The van der Waals surface area contributed by atoms with Crippen LogP contribution in [0.5, 0.6) is 0 Å². The molecule has 104 valence electrons. The Kier molecular flexibility index (Phi) is 5.78. The van der Waals surface area contributed by atoms with Crippen molar-refractivity contribution in [2.24, 2.45) is 0 Å². The lowest BCUT2D eigenvalue weighted by Crippen LogP contribution is -2.47. The molecule has 2 amide bonds. The van der Waals surface area contributed by atoms with E-state index < -0.39 is 12.0 Å². The van der Waals surface area contributed by atoms with Crippen LogP contribution in [0.1, 0.15) is 26.0 Å². The monoisotopic (exact) mass is 265 g/mol. The Hall–Kier alpha value is -2.11. The minimum atomic E-state index is -1.02. The molecule has 0 aliphatic rings. The summed E-state index contributed by atoms with van der Waals surface area (Å²) in [6, 6.07) is 4.23. The van der Waals surface area contributed by atoms with Gasteiger partial charge < -0.3 is 15.3 Å². The van der Waals surface area contributed by atoms with Gasteiger partial charge >= 0.3 is 12.0 Å². The zero-order valence-corrected chi connectivity index (χ0v) is 11.2. The number of nitrogens with zero attached hydrogens (tertiary/aromatic N) is 2. The molecule has 1 atom stereocenters. The quantitative estimate of drug-likeness (QED) is 0.816. The highest BCUT2D eigenvalue weighted by Crippen LogP contribution is 2.02. The van der Waals surface area contributed by atoms with E-state index in [9.17, 15) is 9.59 Å². The van der Waals surface area contributed by atoms with Crippen molar-refractivity contribution < 1.29 is 14.7 Å². The van der Waals surface area contributed by atoms with Crippen molar-refractivity contribution in [1.29, 1.82) is 0 Å². The average molecular weight is 265 g/mol. The van der Waals surface area contributed by atoms with Crippen LogP contribution in [0.2, 0.25) is 0 Å². The van der Waals surface area contributed by atoms with Crippen LogP contribution in [0.3, 0.4) is 0 Å². The number of urea groups is 1. The number of carbonyl (C=O) groups excluding carboxylic acids is 1. The third kappa shape index (κ3) is 4.57. The van der Waals surface area contributed by atoms with E-state index in [0.717, 1.165) is 5.69 Å². The van der Waals surface area contributed by atoms with E-state index in [0.29, 0.717) is 19.5 Å². The maximum Gasteiger partial charge on any atom is 0.326 e. The number of hydrogen-bond acceptors (Lipinski definition) is 3. The summed E-state index contributed by atoms with van der Waals surface area (Å²) in [4.78, 5) is 28.5. The molecule has 1 aromatic rings. The van der Waals surface area contributed by atoms with Gasteiger partial charge in [-0.15, -0.1) is 0 Å². The molecule has 0 radical (unpaired) electrons. The highest BCUT2D eigenvalue weighted by molar-refractivity contribution is 5.82. The van der Waals surface area contributed by atoms with E-state index in [1.165, 1.54) is 4.90 Å². The topological polar surface area (TPSA) is 82.5 Å². The van der Waals surface area contributed by atoms with Crippen molar-refractivity contribution in [2.45, 2.75) is 32.9 Å². The summed E-state index contributed by atoms with van der Waals surface area (Å²) in [5.41, 5.74) is 0.767. The predicted octanol–water partition coefficient (Wildman–Crippen LogP) is 1.48. The predicted molar refractivity (Wildman–Crippen MR) is 70.6 cm³/mol. The lowest BCUT2D eigenvalue weighted by molar-refractivity contribution is -0.139. The summed E-state index contributed by atoms with van der Waals surface area (Å²) >= 11 is 0. The SMILES string of the molecule is CC[C@@H](NC(=O)N(CC)Cc1ccccn1)C(=O)O. The molecule has 0 aliphatic carbocycles. The molecule has 1 aromatic heterocycles. The summed E-state index contributed by atoms with van der Waals surface area (Å²) in [7, 11) is 0. The number of hydrogen-bond donors (Lipinski definition) is 2. The van der Waals surface area contributed by atoms with Crippen molar-refractivity contribution in [2.75, 3.05) is 6.54 Å². The average Bonchev–Trinajstić information content (AvgIpc) is 2.42. The lowest BCUT2D eigenvalue weighted by atomic mass is 10.2. The standard InChI is InChI=1S/C13H19N3O3/c1-3-11(12(17)18)15-13(19)16(4-2)9-10-7-5-6-8-14-10/h5-8,11H,3-4,9H2,1-2H3,(H,15,19)(H,17,18)/t11-/m1/s1. The van der Waals surface area contributed by atoms with Gasteiger partial charge in [0, 0.05) is 12.7 Å². The highest BCUT2D eigenvalue weighted by atomic mass is 16.4. The van der Waals surface area contributed by atoms with Gasteiger partial charge in [0.1, 0.15) is 6.04 Å². The van der Waals surface area contributed by atoms with Crippen LogP contribution in [0.15, 0.2) is 24.4 Å². The van der Waals surface area contributed by atoms with Crippen LogP contribution in [0, 0.1) is 0 Å². The number of aliphatic carboxylic acids is 1. The first-order chi connectivity index (χ1) is 9.08. The number of carboxylic acids is 1. The third-order valence-electron chi connectivity index (χ3n) is 2.75. The van der Waals surface area contributed by atoms with E-state index in [1.807, 2.05) is 19.1 Å². The zero-order valence-electron chi connectivity index (χ0n) is 11.2. The summed E-state index contributed by atoms with van der Waals surface area (Å²) < 4.78 is 0. The maximum atomic E-state index is 12.0. The van der Waals surface area contributed by atoms with E-state index in [4.69, 9.17) is 5.11 Å². The van der Waals surface area contributed by atoms with E-state index in [-0.39, 0.29) is 6.03 Å². The van der Waals surface area contributed by atoms with Crippen LogP contribution in [-0.4, -0.2) is 39.6 Å². The molecule has 0 saturated heterocycles. The Bertz CT molecular complexity index is 422. The summed E-state index contributed by atoms with van der Waals surface area (Å²) in [6.07, 6.45) is 2.01. The van der Waals surface area contributed by atoms with Crippen LogP contribution < -0.4 is 5.32 Å². The molecule has 6 heteroatoms.